The number of rotatable bonds is 4. The Hall–Kier alpha value is -2.62. The van der Waals surface area contributed by atoms with Crippen molar-refractivity contribution in [3.05, 3.63) is 48.0 Å². The minimum atomic E-state index is -3.65. The highest BCUT2D eigenvalue weighted by Gasteiger charge is 2.37. The summed E-state index contributed by atoms with van der Waals surface area (Å²) in [5, 5.41) is 0. The fraction of sp³-hybridized carbons (Fsp3) is 0.458. The predicted molar refractivity (Wildman–Crippen MR) is 124 cm³/mol. The van der Waals surface area contributed by atoms with Gasteiger partial charge in [-0.25, -0.2) is 8.42 Å². The third-order valence-corrected chi connectivity index (χ3v) is 8.67. The van der Waals surface area contributed by atoms with Crippen molar-refractivity contribution >= 4 is 21.6 Å². The second kappa shape index (κ2) is 8.62. The summed E-state index contributed by atoms with van der Waals surface area (Å²) in [6.45, 7) is 6.52. The van der Waals surface area contributed by atoms with Crippen LogP contribution in [-0.2, 0) is 21.2 Å². The zero-order chi connectivity index (χ0) is 23.2. The lowest BCUT2D eigenvalue weighted by atomic mass is 10.1. The Kier molecular flexibility index (Phi) is 5.80. The number of carbonyl (C=O) groups excluding carboxylic acids is 1. The van der Waals surface area contributed by atoms with Crippen LogP contribution >= 0.6 is 0 Å². The van der Waals surface area contributed by atoms with Gasteiger partial charge >= 0.3 is 0 Å². The number of piperazine rings is 1. The summed E-state index contributed by atoms with van der Waals surface area (Å²) in [6, 6.07) is 12.6. The number of para-hydroxylation sites is 1. The molecule has 176 valence electrons. The van der Waals surface area contributed by atoms with Gasteiger partial charge in [0.15, 0.2) is 11.5 Å². The van der Waals surface area contributed by atoms with Crippen molar-refractivity contribution in [1.29, 1.82) is 0 Å². The second-order valence-corrected chi connectivity index (χ2v) is 10.7. The maximum Gasteiger partial charge on any atom is 0.244 e. The number of nitrogens with zero attached hydrogens (tertiary/aromatic N) is 3. The zero-order valence-electron chi connectivity index (χ0n) is 18.9. The smallest absolute Gasteiger partial charge is 0.244 e. The number of ether oxygens (including phenoxy) is 2. The molecule has 9 heteroatoms. The van der Waals surface area contributed by atoms with Crippen LogP contribution in [0.3, 0.4) is 0 Å². The molecule has 1 amide bonds. The van der Waals surface area contributed by atoms with E-state index in [0.717, 1.165) is 12.1 Å². The highest BCUT2D eigenvalue weighted by atomic mass is 32.2. The summed E-state index contributed by atoms with van der Waals surface area (Å²) < 4.78 is 38.9. The number of hydrogen-bond donors (Lipinski definition) is 0. The number of fused-ring (bicyclic) bond motifs is 2. The van der Waals surface area contributed by atoms with Gasteiger partial charge in [-0.05, 0) is 44.0 Å². The first-order valence-electron chi connectivity index (χ1n) is 11.4. The van der Waals surface area contributed by atoms with Crippen molar-refractivity contribution in [3.63, 3.8) is 0 Å². The maximum atomic E-state index is 13.4. The van der Waals surface area contributed by atoms with E-state index in [9.17, 15) is 13.2 Å². The molecular formula is C24H29N3O5S. The first kappa shape index (κ1) is 22.2. The standard InChI is InChI=1S/C24H29N3O5S/c1-17-15-19-5-3-4-6-21(19)27(17)24(28)18(2)25-9-11-26(12-10-25)33(29,30)20-7-8-22-23(16-20)32-14-13-31-22/h3-8,16-18H,9-15H2,1-2H3/t17-,18-/m0/s1. The monoisotopic (exact) mass is 471 g/mol. The average molecular weight is 472 g/mol. The van der Waals surface area contributed by atoms with E-state index >= 15 is 0 Å². The van der Waals surface area contributed by atoms with E-state index in [-0.39, 0.29) is 22.9 Å². The molecule has 0 N–H and O–H groups in total. The van der Waals surface area contributed by atoms with Gasteiger partial charge in [-0.2, -0.15) is 4.31 Å². The summed E-state index contributed by atoms with van der Waals surface area (Å²) in [4.78, 5) is 17.6. The molecule has 0 saturated carbocycles. The molecule has 3 heterocycles. The normalized spacial score (nSPS) is 22.1. The third kappa shape index (κ3) is 3.98. The summed E-state index contributed by atoms with van der Waals surface area (Å²) in [5.74, 6) is 1.09. The van der Waals surface area contributed by atoms with E-state index in [1.807, 2.05) is 30.0 Å². The fourth-order valence-electron chi connectivity index (χ4n) is 4.92. The molecule has 3 aliphatic rings. The molecular weight excluding hydrogens is 442 g/mol. The molecule has 0 bridgehead atoms. The Balaban J connectivity index is 1.26. The Morgan fingerprint density at radius 3 is 2.45 bits per heavy atom. The minimum Gasteiger partial charge on any atom is -0.486 e. The van der Waals surface area contributed by atoms with Gasteiger partial charge in [-0.15, -0.1) is 0 Å². The molecule has 1 saturated heterocycles. The lowest BCUT2D eigenvalue weighted by molar-refractivity contribution is -0.124. The van der Waals surface area contributed by atoms with Crippen LogP contribution in [0.25, 0.3) is 0 Å². The van der Waals surface area contributed by atoms with Crippen LogP contribution in [0.4, 0.5) is 5.69 Å². The Morgan fingerprint density at radius 2 is 1.70 bits per heavy atom. The van der Waals surface area contributed by atoms with E-state index in [0.29, 0.717) is 50.9 Å². The summed E-state index contributed by atoms with van der Waals surface area (Å²) >= 11 is 0. The van der Waals surface area contributed by atoms with Crippen molar-refractivity contribution in [2.75, 3.05) is 44.3 Å². The molecule has 0 spiro atoms. The van der Waals surface area contributed by atoms with Gasteiger partial charge in [0, 0.05) is 44.0 Å². The zero-order valence-corrected chi connectivity index (χ0v) is 19.8. The third-order valence-electron chi connectivity index (χ3n) is 6.77. The molecule has 0 aromatic heterocycles. The van der Waals surface area contributed by atoms with Crippen LogP contribution in [0.5, 0.6) is 11.5 Å². The van der Waals surface area contributed by atoms with Crippen LogP contribution in [0, 0.1) is 0 Å². The first-order valence-corrected chi connectivity index (χ1v) is 12.8. The number of carbonyl (C=O) groups is 1. The van der Waals surface area contributed by atoms with Crippen LogP contribution in [-0.4, -0.2) is 75.0 Å². The number of hydrogen-bond acceptors (Lipinski definition) is 6. The van der Waals surface area contributed by atoms with Crippen molar-refractivity contribution in [2.45, 2.75) is 37.2 Å². The largest absolute Gasteiger partial charge is 0.486 e. The topological polar surface area (TPSA) is 79.4 Å². The number of benzene rings is 2. The van der Waals surface area contributed by atoms with Crippen LogP contribution in [0.15, 0.2) is 47.4 Å². The molecule has 2 aromatic rings. The molecule has 2 aromatic carbocycles. The van der Waals surface area contributed by atoms with E-state index < -0.39 is 10.0 Å². The van der Waals surface area contributed by atoms with E-state index in [1.165, 1.54) is 15.9 Å². The molecule has 3 aliphatic heterocycles. The average Bonchev–Trinajstić information content (AvgIpc) is 3.18. The van der Waals surface area contributed by atoms with Crippen LogP contribution in [0.1, 0.15) is 19.4 Å². The lowest BCUT2D eigenvalue weighted by Crippen LogP contribution is -2.56. The van der Waals surface area contributed by atoms with Crippen LogP contribution < -0.4 is 14.4 Å². The molecule has 1 fully saturated rings. The molecule has 8 nitrogen and oxygen atoms in total. The molecule has 0 aliphatic carbocycles. The van der Waals surface area contributed by atoms with Gasteiger partial charge in [0.05, 0.1) is 10.9 Å². The van der Waals surface area contributed by atoms with Gasteiger partial charge in [0.25, 0.3) is 0 Å². The molecule has 33 heavy (non-hydrogen) atoms. The minimum absolute atomic E-state index is 0.0654. The molecule has 0 radical (unpaired) electrons. The highest BCUT2D eigenvalue weighted by Crippen LogP contribution is 2.34. The highest BCUT2D eigenvalue weighted by molar-refractivity contribution is 7.89. The molecule has 2 atom stereocenters. The van der Waals surface area contributed by atoms with E-state index in [1.54, 1.807) is 12.1 Å². The number of anilines is 1. The van der Waals surface area contributed by atoms with E-state index in [2.05, 4.69) is 17.9 Å². The Labute approximate surface area is 194 Å². The van der Waals surface area contributed by atoms with E-state index in [4.69, 9.17) is 9.47 Å². The van der Waals surface area contributed by atoms with Gasteiger partial charge in [0.1, 0.15) is 13.2 Å². The van der Waals surface area contributed by atoms with Gasteiger partial charge < -0.3 is 14.4 Å². The quantitative estimate of drug-likeness (QED) is 0.680. The Morgan fingerprint density at radius 1 is 1.00 bits per heavy atom. The van der Waals surface area contributed by atoms with Gasteiger partial charge in [0.2, 0.25) is 15.9 Å². The summed E-state index contributed by atoms with van der Waals surface area (Å²) in [7, 11) is -3.65. The Bertz CT molecular complexity index is 1160. The first-order chi connectivity index (χ1) is 15.9. The maximum absolute atomic E-state index is 13.4. The summed E-state index contributed by atoms with van der Waals surface area (Å²) in [6.07, 6.45) is 0.857. The van der Waals surface area contributed by atoms with Crippen molar-refractivity contribution in [1.82, 2.24) is 9.21 Å². The number of amides is 1. The van der Waals surface area contributed by atoms with Gasteiger partial charge in [-0.1, -0.05) is 18.2 Å². The van der Waals surface area contributed by atoms with Gasteiger partial charge in [-0.3, -0.25) is 9.69 Å². The molecule has 0 unspecified atom stereocenters. The van der Waals surface area contributed by atoms with Crippen molar-refractivity contribution in [2.24, 2.45) is 0 Å². The number of sulfonamides is 1. The van der Waals surface area contributed by atoms with Crippen molar-refractivity contribution in [3.8, 4) is 11.5 Å². The van der Waals surface area contributed by atoms with Crippen LogP contribution in [0.2, 0.25) is 0 Å². The predicted octanol–water partition coefficient (Wildman–Crippen LogP) is 2.13. The summed E-state index contributed by atoms with van der Waals surface area (Å²) in [5.41, 5.74) is 2.18. The lowest BCUT2D eigenvalue weighted by Gasteiger charge is -2.38. The SMILES string of the molecule is C[C@@H](C(=O)N1c2ccccc2C[C@@H]1C)N1CCN(S(=O)(=O)c2ccc3c(c2)OCCO3)CC1. The fourth-order valence-corrected chi connectivity index (χ4v) is 6.36. The second-order valence-electron chi connectivity index (χ2n) is 8.81. The van der Waals surface area contributed by atoms with Crippen molar-refractivity contribution < 1.29 is 22.7 Å². The molecule has 5 rings (SSSR count).